The monoisotopic (exact) mass is 348 g/mol. The van der Waals surface area contributed by atoms with Crippen molar-refractivity contribution >= 4 is 57.5 Å². The lowest BCUT2D eigenvalue weighted by atomic mass is 10.1. The highest BCUT2D eigenvalue weighted by Gasteiger charge is 2.16. The van der Waals surface area contributed by atoms with Crippen LogP contribution in [0.3, 0.4) is 0 Å². The molecular formula is C10H9IN2S2. The van der Waals surface area contributed by atoms with E-state index in [1.165, 1.54) is 9.13 Å². The molecule has 5 heteroatoms. The first-order chi connectivity index (χ1) is 7.16. The molecule has 0 amide bonds. The van der Waals surface area contributed by atoms with E-state index < -0.39 is 0 Å². The second-order valence-electron chi connectivity index (χ2n) is 3.21. The van der Waals surface area contributed by atoms with Crippen LogP contribution in [0.15, 0.2) is 29.4 Å². The molecule has 15 heavy (non-hydrogen) atoms. The van der Waals surface area contributed by atoms with Gasteiger partial charge in [0, 0.05) is 16.5 Å². The zero-order valence-corrected chi connectivity index (χ0v) is 11.7. The summed E-state index contributed by atoms with van der Waals surface area (Å²) in [4.78, 5) is 0. The van der Waals surface area contributed by atoms with Crippen LogP contribution in [0.4, 0.5) is 0 Å². The van der Waals surface area contributed by atoms with Crippen molar-refractivity contribution in [3.05, 3.63) is 33.4 Å². The van der Waals surface area contributed by atoms with Gasteiger partial charge in [-0.1, -0.05) is 24.4 Å². The zero-order chi connectivity index (χ0) is 10.8. The van der Waals surface area contributed by atoms with E-state index in [1.54, 1.807) is 5.01 Å². The van der Waals surface area contributed by atoms with Gasteiger partial charge in [-0.2, -0.15) is 5.10 Å². The molecule has 0 unspecified atom stereocenters. The Kier molecular flexibility index (Phi) is 3.63. The number of nitrogens with zero attached hydrogens (tertiary/aromatic N) is 2. The standard InChI is InChI=1S/C10H9IN2S2/c11-8-3-1-7(2-4-8)9-5-6-13(12-9)10(14)15/h1-4H,5-6H2,(H,14,15). The van der Waals surface area contributed by atoms with Crippen LogP contribution in [-0.2, 0) is 0 Å². The van der Waals surface area contributed by atoms with Gasteiger partial charge in [-0.15, -0.1) is 12.6 Å². The van der Waals surface area contributed by atoms with Gasteiger partial charge in [0.25, 0.3) is 0 Å². The highest BCUT2D eigenvalue weighted by molar-refractivity contribution is 14.1. The predicted octanol–water partition coefficient (Wildman–Crippen LogP) is 2.92. The van der Waals surface area contributed by atoms with Crippen molar-refractivity contribution in [2.24, 2.45) is 5.10 Å². The molecule has 0 radical (unpaired) electrons. The second-order valence-corrected chi connectivity index (χ2v) is 5.57. The van der Waals surface area contributed by atoms with Crippen LogP contribution in [0.25, 0.3) is 0 Å². The Hall–Kier alpha value is -0.140. The van der Waals surface area contributed by atoms with Gasteiger partial charge in [-0.05, 0) is 40.3 Å². The van der Waals surface area contributed by atoms with Gasteiger partial charge in [-0.25, -0.2) is 5.01 Å². The summed E-state index contributed by atoms with van der Waals surface area (Å²) in [5.41, 5.74) is 2.25. The largest absolute Gasteiger partial charge is 0.248 e. The fourth-order valence-corrected chi connectivity index (χ4v) is 2.08. The Balaban J connectivity index is 2.22. The molecule has 78 valence electrons. The lowest BCUT2D eigenvalue weighted by Gasteiger charge is -2.08. The number of hydrogen-bond donors (Lipinski definition) is 1. The number of halogens is 1. The Labute approximate surface area is 113 Å². The summed E-state index contributed by atoms with van der Waals surface area (Å²) in [6, 6.07) is 8.34. The van der Waals surface area contributed by atoms with Gasteiger partial charge < -0.3 is 0 Å². The van der Waals surface area contributed by atoms with Gasteiger partial charge in [0.15, 0.2) is 4.32 Å². The molecule has 1 aliphatic rings. The summed E-state index contributed by atoms with van der Waals surface area (Å²) >= 11 is 11.4. The van der Waals surface area contributed by atoms with Crippen molar-refractivity contribution in [2.45, 2.75) is 6.42 Å². The van der Waals surface area contributed by atoms with Crippen molar-refractivity contribution < 1.29 is 0 Å². The third kappa shape index (κ3) is 2.70. The smallest absolute Gasteiger partial charge is 0.153 e. The molecule has 0 fully saturated rings. The van der Waals surface area contributed by atoms with Gasteiger partial charge >= 0.3 is 0 Å². The first kappa shape index (κ1) is 11.3. The van der Waals surface area contributed by atoms with Crippen molar-refractivity contribution in [2.75, 3.05) is 6.54 Å². The number of thiol groups is 1. The van der Waals surface area contributed by atoms with Crippen molar-refractivity contribution in [3.8, 4) is 0 Å². The van der Waals surface area contributed by atoms with Crippen LogP contribution in [0.2, 0.25) is 0 Å². The predicted molar refractivity (Wildman–Crippen MR) is 78.6 cm³/mol. The van der Waals surface area contributed by atoms with Crippen LogP contribution in [0.5, 0.6) is 0 Å². The minimum Gasteiger partial charge on any atom is -0.248 e. The average Bonchev–Trinajstić information content (AvgIpc) is 2.68. The molecule has 2 nitrogen and oxygen atoms in total. The number of hydrazone groups is 1. The van der Waals surface area contributed by atoms with E-state index in [1.807, 2.05) is 0 Å². The van der Waals surface area contributed by atoms with E-state index in [-0.39, 0.29) is 0 Å². The maximum Gasteiger partial charge on any atom is 0.153 e. The molecule has 0 saturated carbocycles. The second kappa shape index (κ2) is 4.80. The number of thiocarbonyl (C=S) groups is 1. The SMILES string of the molecule is S=C(S)N1CCC(c2ccc(I)cc2)=N1. The third-order valence-corrected chi connectivity index (χ3v) is 3.36. The molecule has 0 bridgehead atoms. The summed E-state index contributed by atoms with van der Waals surface area (Å²) in [5.74, 6) is 0. The molecule has 1 aromatic carbocycles. The molecule has 0 saturated heterocycles. The zero-order valence-electron chi connectivity index (χ0n) is 7.85. The van der Waals surface area contributed by atoms with Gasteiger partial charge in [0.2, 0.25) is 0 Å². The summed E-state index contributed by atoms with van der Waals surface area (Å²) in [5, 5.41) is 6.17. The average molecular weight is 348 g/mol. The van der Waals surface area contributed by atoms with E-state index in [0.29, 0.717) is 4.32 Å². The molecule has 1 heterocycles. The van der Waals surface area contributed by atoms with Crippen molar-refractivity contribution in [1.29, 1.82) is 0 Å². The quantitative estimate of drug-likeness (QED) is 0.477. The fourth-order valence-electron chi connectivity index (χ4n) is 1.44. The van der Waals surface area contributed by atoms with Crippen LogP contribution >= 0.6 is 47.4 Å². The van der Waals surface area contributed by atoms with Crippen LogP contribution in [0, 0.1) is 3.57 Å². The van der Waals surface area contributed by atoms with E-state index in [9.17, 15) is 0 Å². The lowest BCUT2D eigenvalue weighted by Crippen LogP contribution is -2.15. The molecule has 0 aliphatic carbocycles. The van der Waals surface area contributed by atoms with Crippen molar-refractivity contribution in [3.63, 3.8) is 0 Å². The summed E-state index contributed by atoms with van der Waals surface area (Å²) < 4.78 is 1.77. The number of rotatable bonds is 1. The van der Waals surface area contributed by atoms with E-state index in [2.05, 4.69) is 64.6 Å². The first-order valence-corrected chi connectivity index (χ1v) is 6.44. The lowest BCUT2D eigenvalue weighted by molar-refractivity contribution is 0.510. The first-order valence-electron chi connectivity index (χ1n) is 4.51. The fraction of sp³-hybridized carbons (Fsp3) is 0.200. The molecule has 1 aliphatic heterocycles. The van der Waals surface area contributed by atoms with Gasteiger partial charge in [-0.3, -0.25) is 0 Å². The molecule has 0 aromatic heterocycles. The Morgan fingerprint density at radius 1 is 1.40 bits per heavy atom. The molecule has 1 aromatic rings. The van der Waals surface area contributed by atoms with E-state index in [0.717, 1.165) is 18.7 Å². The van der Waals surface area contributed by atoms with Crippen molar-refractivity contribution in [1.82, 2.24) is 5.01 Å². The van der Waals surface area contributed by atoms with Gasteiger partial charge in [0.1, 0.15) is 0 Å². The number of benzene rings is 1. The molecule has 0 spiro atoms. The molecule has 0 atom stereocenters. The summed E-state index contributed by atoms with van der Waals surface area (Å²) in [7, 11) is 0. The normalized spacial score (nSPS) is 15.3. The number of hydrogen-bond acceptors (Lipinski definition) is 2. The third-order valence-electron chi connectivity index (χ3n) is 2.20. The Morgan fingerprint density at radius 2 is 2.07 bits per heavy atom. The molecule has 2 rings (SSSR count). The maximum absolute atomic E-state index is 4.96. The Bertz CT molecular complexity index is 414. The summed E-state index contributed by atoms with van der Waals surface area (Å²) in [6.07, 6.45) is 0.932. The Morgan fingerprint density at radius 3 is 2.60 bits per heavy atom. The van der Waals surface area contributed by atoms with Gasteiger partial charge in [0.05, 0.1) is 5.71 Å². The molecule has 0 N–H and O–H groups in total. The van der Waals surface area contributed by atoms with Crippen LogP contribution in [-0.4, -0.2) is 21.6 Å². The topological polar surface area (TPSA) is 15.6 Å². The highest BCUT2D eigenvalue weighted by atomic mass is 127. The highest BCUT2D eigenvalue weighted by Crippen LogP contribution is 2.16. The molecular weight excluding hydrogens is 339 g/mol. The minimum absolute atomic E-state index is 0.538. The van der Waals surface area contributed by atoms with E-state index in [4.69, 9.17) is 12.2 Å². The van der Waals surface area contributed by atoms with Crippen LogP contribution < -0.4 is 0 Å². The minimum atomic E-state index is 0.538. The maximum atomic E-state index is 4.96. The van der Waals surface area contributed by atoms with E-state index >= 15 is 0 Å². The summed E-state index contributed by atoms with van der Waals surface area (Å²) in [6.45, 7) is 0.837. The van der Waals surface area contributed by atoms with Crippen LogP contribution in [0.1, 0.15) is 12.0 Å².